The Bertz CT molecular complexity index is 469. The number of pyridine rings is 1. The van der Waals surface area contributed by atoms with Crippen LogP contribution in [0.2, 0.25) is 0 Å². The van der Waals surface area contributed by atoms with Crippen LogP contribution in [-0.4, -0.2) is 19.6 Å². The van der Waals surface area contributed by atoms with Gasteiger partial charge in [0.15, 0.2) is 0 Å². The molecule has 0 amide bonds. The second-order valence-corrected chi connectivity index (χ2v) is 3.68. The summed E-state index contributed by atoms with van der Waals surface area (Å²) in [7, 11) is 0. The lowest BCUT2D eigenvalue weighted by molar-refractivity contribution is 0.281. The first-order chi connectivity index (χ1) is 7.74. The summed E-state index contributed by atoms with van der Waals surface area (Å²) < 4.78 is 1.92. The minimum absolute atomic E-state index is 0.0380. The fourth-order valence-electron chi connectivity index (χ4n) is 1.65. The first kappa shape index (κ1) is 10.8. The molecule has 84 valence electrons. The number of aliphatic hydroxyl groups is 1. The predicted octanol–water partition coefficient (Wildman–Crippen LogP) is 1.63. The number of imidazole rings is 1. The van der Waals surface area contributed by atoms with Crippen LogP contribution < -0.4 is 0 Å². The van der Waals surface area contributed by atoms with Gasteiger partial charge in [0.25, 0.3) is 0 Å². The van der Waals surface area contributed by atoms with Crippen molar-refractivity contribution in [1.29, 1.82) is 0 Å². The summed E-state index contributed by atoms with van der Waals surface area (Å²) in [5.41, 5.74) is 1.87. The van der Waals surface area contributed by atoms with Crippen LogP contribution in [0.1, 0.15) is 24.0 Å². The molecule has 4 nitrogen and oxygen atoms in total. The Morgan fingerprint density at radius 2 is 2.19 bits per heavy atom. The van der Waals surface area contributed by atoms with Gasteiger partial charge in [-0.05, 0) is 31.0 Å². The van der Waals surface area contributed by atoms with Crippen LogP contribution in [0, 0.1) is 6.92 Å². The summed E-state index contributed by atoms with van der Waals surface area (Å²) in [5, 5.41) is 9.20. The highest BCUT2D eigenvalue weighted by molar-refractivity contribution is 5.32. The molecule has 0 bridgehead atoms. The maximum absolute atomic E-state index is 9.20. The van der Waals surface area contributed by atoms with Gasteiger partial charge in [-0.2, -0.15) is 0 Å². The Morgan fingerprint density at radius 3 is 2.75 bits per heavy atom. The van der Waals surface area contributed by atoms with Gasteiger partial charge in [0.1, 0.15) is 11.6 Å². The Balaban J connectivity index is 2.52. The van der Waals surface area contributed by atoms with E-state index in [0.29, 0.717) is 0 Å². The van der Waals surface area contributed by atoms with Crippen molar-refractivity contribution in [1.82, 2.24) is 14.5 Å². The second kappa shape index (κ2) is 4.45. The molecule has 0 aliphatic carbocycles. The third-order valence-electron chi connectivity index (χ3n) is 2.54. The van der Waals surface area contributed by atoms with Gasteiger partial charge >= 0.3 is 0 Å². The lowest BCUT2D eigenvalue weighted by Crippen LogP contribution is -2.03. The van der Waals surface area contributed by atoms with Crippen molar-refractivity contribution in [3.63, 3.8) is 0 Å². The van der Waals surface area contributed by atoms with E-state index in [4.69, 9.17) is 0 Å². The van der Waals surface area contributed by atoms with E-state index in [0.717, 1.165) is 29.3 Å². The SMILES string of the molecule is CCc1cc(CO)cc(-n2ccnc2C)n1. The molecule has 0 unspecified atom stereocenters. The molecule has 0 saturated carbocycles. The standard InChI is InChI=1S/C12H15N3O/c1-3-11-6-10(8-16)7-12(14-11)15-5-4-13-9(15)2/h4-7,16H,3,8H2,1-2H3. The molecule has 2 heterocycles. The van der Waals surface area contributed by atoms with Crippen LogP contribution in [0.5, 0.6) is 0 Å². The van der Waals surface area contributed by atoms with E-state index in [1.165, 1.54) is 0 Å². The van der Waals surface area contributed by atoms with Crippen molar-refractivity contribution in [3.8, 4) is 5.82 Å². The molecular weight excluding hydrogens is 202 g/mol. The van der Waals surface area contributed by atoms with Crippen LogP contribution in [-0.2, 0) is 13.0 Å². The van der Waals surface area contributed by atoms with E-state index in [-0.39, 0.29) is 6.61 Å². The first-order valence-electron chi connectivity index (χ1n) is 5.35. The second-order valence-electron chi connectivity index (χ2n) is 3.68. The third kappa shape index (κ3) is 1.97. The van der Waals surface area contributed by atoms with Crippen LogP contribution >= 0.6 is 0 Å². The van der Waals surface area contributed by atoms with Crippen molar-refractivity contribution in [2.75, 3.05) is 0 Å². The van der Waals surface area contributed by atoms with Gasteiger partial charge in [0, 0.05) is 18.1 Å². The van der Waals surface area contributed by atoms with E-state index in [1.54, 1.807) is 6.20 Å². The van der Waals surface area contributed by atoms with Crippen molar-refractivity contribution in [2.45, 2.75) is 26.9 Å². The topological polar surface area (TPSA) is 50.9 Å². The van der Waals surface area contributed by atoms with E-state index >= 15 is 0 Å². The van der Waals surface area contributed by atoms with Crippen molar-refractivity contribution >= 4 is 0 Å². The number of aromatic nitrogens is 3. The van der Waals surface area contributed by atoms with Gasteiger partial charge in [-0.15, -0.1) is 0 Å². The maximum atomic E-state index is 9.20. The molecule has 0 aromatic carbocycles. The fourth-order valence-corrected chi connectivity index (χ4v) is 1.65. The number of aliphatic hydroxyl groups excluding tert-OH is 1. The molecule has 2 rings (SSSR count). The highest BCUT2D eigenvalue weighted by Crippen LogP contribution is 2.12. The molecule has 0 radical (unpaired) electrons. The van der Waals surface area contributed by atoms with Gasteiger partial charge in [-0.3, -0.25) is 4.57 Å². The molecule has 0 saturated heterocycles. The van der Waals surface area contributed by atoms with Crippen LogP contribution in [0.3, 0.4) is 0 Å². The number of aryl methyl sites for hydroxylation is 2. The van der Waals surface area contributed by atoms with Gasteiger partial charge in [-0.1, -0.05) is 6.92 Å². The Morgan fingerprint density at radius 1 is 1.38 bits per heavy atom. The predicted molar refractivity (Wildman–Crippen MR) is 61.4 cm³/mol. The molecule has 16 heavy (non-hydrogen) atoms. The summed E-state index contributed by atoms with van der Waals surface area (Å²) in [4.78, 5) is 8.68. The zero-order valence-electron chi connectivity index (χ0n) is 9.51. The van der Waals surface area contributed by atoms with Crippen molar-refractivity contribution in [3.05, 3.63) is 41.6 Å². The molecule has 1 N–H and O–H groups in total. The summed E-state index contributed by atoms with van der Waals surface area (Å²) in [6.07, 6.45) is 4.47. The molecule has 0 aliphatic rings. The third-order valence-corrected chi connectivity index (χ3v) is 2.54. The lowest BCUT2D eigenvalue weighted by atomic mass is 10.2. The first-order valence-corrected chi connectivity index (χ1v) is 5.35. The van der Waals surface area contributed by atoms with E-state index in [9.17, 15) is 5.11 Å². The zero-order valence-corrected chi connectivity index (χ0v) is 9.51. The molecule has 0 spiro atoms. The Kier molecular flexibility index (Phi) is 3.01. The number of hydrogen-bond acceptors (Lipinski definition) is 3. The molecule has 0 fully saturated rings. The molecule has 2 aromatic heterocycles. The Hall–Kier alpha value is -1.68. The zero-order chi connectivity index (χ0) is 11.5. The minimum atomic E-state index is 0.0380. The number of hydrogen-bond donors (Lipinski definition) is 1. The van der Waals surface area contributed by atoms with Gasteiger partial charge in [0.05, 0.1) is 6.61 Å². The van der Waals surface area contributed by atoms with Crippen LogP contribution in [0.4, 0.5) is 0 Å². The van der Waals surface area contributed by atoms with Gasteiger partial charge < -0.3 is 5.11 Å². The normalized spacial score (nSPS) is 10.7. The Labute approximate surface area is 94.6 Å². The monoisotopic (exact) mass is 217 g/mol. The van der Waals surface area contributed by atoms with Crippen LogP contribution in [0.25, 0.3) is 5.82 Å². The lowest BCUT2D eigenvalue weighted by Gasteiger charge is -2.08. The number of rotatable bonds is 3. The fraction of sp³-hybridized carbons (Fsp3) is 0.333. The average molecular weight is 217 g/mol. The van der Waals surface area contributed by atoms with Crippen LogP contribution in [0.15, 0.2) is 24.5 Å². The van der Waals surface area contributed by atoms with Crippen molar-refractivity contribution < 1.29 is 5.11 Å². The summed E-state index contributed by atoms with van der Waals surface area (Å²) in [6.45, 7) is 4.02. The number of nitrogens with zero attached hydrogens (tertiary/aromatic N) is 3. The maximum Gasteiger partial charge on any atom is 0.138 e. The van der Waals surface area contributed by atoms with Crippen molar-refractivity contribution in [2.24, 2.45) is 0 Å². The van der Waals surface area contributed by atoms with Gasteiger partial charge in [-0.25, -0.2) is 9.97 Å². The highest BCUT2D eigenvalue weighted by atomic mass is 16.3. The van der Waals surface area contributed by atoms with E-state index in [1.807, 2.05) is 36.7 Å². The molecule has 4 heteroatoms. The van der Waals surface area contributed by atoms with E-state index < -0.39 is 0 Å². The van der Waals surface area contributed by atoms with E-state index in [2.05, 4.69) is 9.97 Å². The quantitative estimate of drug-likeness (QED) is 0.850. The smallest absolute Gasteiger partial charge is 0.138 e. The molecular formula is C12H15N3O. The molecule has 0 aliphatic heterocycles. The molecule has 0 atom stereocenters. The summed E-state index contributed by atoms with van der Waals surface area (Å²) in [5.74, 6) is 1.71. The van der Waals surface area contributed by atoms with Gasteiger partial charge in [0.2, 0.25) is 0 Å². The highest BCUT2D eigenvalue weighted by Gasteiger charge is 2.05. The minimum Gasteiger partial charge on any atom is -0.392 e. The average Bonchev–Trinajstić information content (AvgIpc) is 2.74. The summed E-state index contributed by atoms with van der Waals surface area (Å²) >= 11 is 0. The molecule has 2 aromatic rings. The largest absolute Gasteiger partial charge is 0.392 e. The summed E-state index contributed by atoms with van der Waals surface area (Å²) in [6, 6.07) is 3.81.